The Morgan fingerprint density at radius 3 is 2.29 bits per heavy atom. The van der Waals surface area contributed by atoms with Crippen molar-refractivity contribution in [1.82, 2.24) is 10.6 Å². The van der Waals surface area contributed by atoms with Crippen LogP contribution >= 0.6 is 13.5 Å². The lowest BCUT2D eigenvalue weighted by atomic mass is 9.92. The number of ketones is 1. The van der Waals surface area contributed by atoms with E-state index in [1.54, 1.807) is 13.8 Å². The summed E-state index contributed by atoms with van der Waals surface area (Å²) in [5.41, 5.74) is -1.14. The van der Waals surface area contributed by atoms with Crippen LogP contribution in [0.3, 0.4) is 0 Å². The SMILES string of the molecule is CC(C)C[C@H](NC(=O)c1ccc(OC(F)(F)F)cc1)C(=O)N[C@@]1(C)C(=O)CO[C@@H]1C.S. The summed E-state index contributed by atoms with van der Waals surface area (Å²) in [6.07, 6.45) is -5.06. The lowest BCUT2D eigenvalue weighted by Crippen LogP contribution is -2.60. The van der Waals surface area contributed by atoms with Gasteiger partial charge in [-0.05, 0) is 50.5 Å². The number of benzene rings is 1. The molecule has 7 nitrogen and oxygen atoms in total. The lowest BCUT2D eigenvalue weighted by molar-refractivity contribution is -0.274. The van der Waals surface area contributed by atoms with Crippen LogP contribution in [0.1, 0.15) is 44.5 Å². The van der Waals surface area contributed by atoms with Crippen molar-refractivity contribution in [3.8, 4) is 5.75 Å². The van der Waals surface area contributed by atoms with Crippen LogP contribution in [0, 0.1) is 5.92 Å². The molecule has 1 aliphatic rings. The number of carbonyl (C=O) groups excluding carboxylic acids is 3. The zero-order valence-electron chi connectivity index (χ0n) is 17.6. The molecule has 2 rings (SSSR count). The van der Waals surface area contributed by atoms with Gasteiger partial charge in [0, 0.05) is 5.56 Å². The van der Waals surface area contributed by atoms with E-state index in [0.717, 1.165) is 12.1 Å². The summed E-state index contributed by atoms with van der Waals surface area (Å²) < 4.78 is 45.8. The fraction of sp³-hybridized carbons (Fsp3) is 0.550. The highest BCUT2D eigenvalue weighted by Crippen LogP contribution is 2.24. The monoisotopic (exact) mass is 464 g/mol. The van der Waals surface area contributed by atoms with Crippen molar-refractivity contribution < 1.29 is 37.0 Å². The largest absolute Gasteiger partial charge is 0.573 e. The highest BCUT2D eigenvalue weighted by Gasteiger charge is 2.47. The molecule has 0 aromatic heterocycles. The van der Waals surface area contributed by atoms with Crippen LogP contribution in [0.5, 0.6) is 5.75 Å². The van der Waals surface area contributed by atoms with Crippen LogP contribution in [-0.2, 0) is 14.3 Å². The Morgan fingerprint density at radius 2 is 1.84 bits per heavy atom. The van der Waals surface area contributed by atoms with E-state index in [0.29, 0.717) is 6.42 Å². The summed E-state index contributed by atoms with van der Waals surface area (Å²) in [4.78, 5) is 37.5. The predicted octanol–water partition coefficient (Wildman–Crippen LogP) is 2.71. The first-order chi connectivity index (χ1) is 13.8. The lowest BCUT2D eigenvalue weighted by Gasteiger charge is -2.30. The van der Waals surface area contributed by atoms with Gasteiger partial charge in [0.1, 0.15) is 23.9 Å². The van der Waals surface area contributed by atoms with Gasteiger partial charge in [0.15, 0.2) is 5.78 Å². The van der Waals surface area contributed by atoms with Gasteiger partial charge in [0.05, 0.1) is 6.10 Å². The van der Waals surface area contributed by atoms with Crippen LogP contribution in [0.25, 0.3) is 0 Å². The predicted molar refractivity (Wildman–Crippen MR) is 111 cm³/mol. The van der Waals surface area contributed by atoms with Gasteiger partial charge < -0.3 is 20.1 Å². The average Bonchev–Trinajstić information content (AvgIpc) is 2.87. The average molecular weight is 465 g/mol. The normalized spacial score (nSPS) is 21.9. The quantitative estimate of drug-likeness (QED) is 0.647. The number of hydrogen-bond donors (Lipinski definition) is 2. The third-order valence-corrected chi connectivity index (χ3v) is 4.92. The van der Waals surface area contributed by atoms with E-state index in [4.69, 9.17) is 4.74 Å². The summed E-state index contributed by atoms with van der Waals surface area (Å²) in [5, 5.41) is 5.27. The first kappa shape index (κ1) is 26.8. The van der Waals surface area contributed by atoms with E-state index in [9.17, 15) is 27.6 Å². The molecule has 0 unspecified atom stereocenters. The Kier molecular flexibility index (Phi) is 8.95. The molecule has 2 N–H and O–H groups in total. The summed E-state index contributed by atoms with van der Waals surface area (Å²) in [5.74, 6) is -1.86. The summed E-state index contributed by atoms with van der Waals surface area (Å²) in [6, 6.07) is 3.41. The van der Waals surface area contributed by atoms with Crippen molar-refractivity contribution in [2.24, 2.45) is 5.92 Å². The minimum absolute atomic E-state index is 0. The number of hydrogen-bond acceptors (Lipinski definition) is 5. The van der Waals surface area contributed by atoms with Gasteiger partial charge in [-0.2, -0.15) is 13.5 Å². The van der Waals surface area contributed by atoms with Crippen molar-refractivity contribution in [3.63, 3.8) is 0 Å². The molecule has 1 saturated heterocycles. The van der Waals surface area contributed by atoms with Crippen molar-refractivity contribution >= 4 is 31.1 Å². The topological polar surface area (TPSA) is 93.7 Å². The van der Waals surface area contributed by atoms with Gasteiger partial charge in [-0.3, -0.25) is 14.4 Å². The molecule has 2 amide bonds. The van der Waals surface area contributed by atoms with Crippen molar-refractivity contribution in [3.05, 3.63) is 29.8 Å². The Hall–Kier alpha value is -2.27. The minimum Gasteiger partial charge on any atom is -0.406 e. The standard InChI is InChI=1S/C20H25F3N2O5.H2S/c1-11(2)9-15(18(28)25-19(4)12(3)29-10-16(19)26)24-17(27)13-5-7-14(8-6-13)30-20(21,22)23;/h5-8,11-12,15H,9-10H2,1-4H3,(H,24,27)(H,25,28);1H2/t12-,15+,19-;/m1./s1. The van der Waals surface area contributed by atoms with Gasteiger partial charge in [-0.15, -0.1) is 13.2 Å². The number of rotatable bonds is 7. The first-order valence-electron chi connectivity index (χ1n) is 9.45. The third-order valence-electron chi connectivity index (χ3n) is 4.92. The van der Waals surface area contributed by atoms with Crippen LogP contribution in [0.4, 0.5) is 13.2 Å². The fourth-order valence-corrected chi connectivity index (χ4v) is 3.01. The number of nitrogens with one attached hydrogen (secondary N) is 2. The number of alkyl halides is 3. The molecular weight excluding hydrogens is 437 g/mol. The second-order valence-electron chi connectivity index (χ2n) is 7.80. The van der Waals surface area contributed by atoms with Gasteiger partial charge in [-0.25, -0.2) is 0 Å². The first-order valence-corrected chi connectivity index (χ1v) is 9.45. The molecule has 1 fully saturated rings. The maximum absolute atomic E-state index is 12.8. The summed E-state index contributed by atoms with van der Waals surface area (Å²) in [6.45, 7) is 6.86. The van der Waals surface area contributed by atoms with Crippen LogP contribution in [0.2, 0.25) is 0 Å². The number of Topliss-reactive ketones (excluding diaryl/α,β-unsaturated/α-hetero) is 1. The highest BCUT2D eigenvalue weighted by molar-refractivity contribution is 7.59. The minimum atomic E-state index is -4.83. The molecule has 174 valence electrons. The number of carbonyl (C=O) groups is 3. The zero-order valence-corrected chi connectivity index (χ0v) is 18.6. The molecule has 1 aliphatic heterocycles. The number of ether oxygens (including phenoxy) is 2. The summed E-state index contributed by atoms with van der Waals surface area (Å²) >= 11 is 0. The third kappa shape index (κ3) is 7.13. The molecular formula is C20H27F3N2O5S. The smallest absolute Gasteiger partial charge is 0.406 e. The fourth-order valence-electron chi connectivity index (χ4n) is 3.01. The second-order valence-corrected chi connectivity index (χ2v) is 7.80. The Balaban J connectivity index is 0.00000480. The Bertz CT molecular complexity index is 801. The van der Waals surface area contributed by atoms with Gasteiger partial charge >= 0.3 is 6.36 Å². The van der Waals surface area contributed by atoms with E-state index < -0.39 is 41.6 Å². The van der Waals surface area contributed by atoms with Gasteiger partial charge in [0.25, 0.3) is 5.91 Å². The molecule has 11 heteroatoms. The zero-order chi connectivity index (χ0) is 22.7. The highest BCUT2D eigenvalue weighted by atomic mass is 32.1. The molecule has 0 saturated carbocycles. The van der Waals surface area contributed by atoms with Crippen LogP contribution in [-0.4, -0.2) is 48.3 Å². The van der Waals surface area contributed by atoms with Gasteiger partial charge in [0.2, 0.25) is 5.91 Å². The van der Waals surface area contributed by atoms with Crippen molar-refractivity contribution in [1.29, 1.82) is 0 Å². The van der Waals surface area contributed by atoms with Crippen LogP contribution < -0.4 is 15.4 Å². The second kappa shape index (κ2) is 10.4. The molecule has 3 atom stereocenters. The maximum atomic E-state index is 12.8. The number of halogens is 3. The summed E-state index contributed by atoms with van der Waals surface area (Å²) in [7, 11) is 0. The van der Waals surface area contributed by atoms with E-state index in [2.05, 4.69) is 15.4 Å². The van der Waals surface area contributed by atoms with Gasteiger partial charge in [-0.1, -0.05) is 13.8 Å². The molecule has 0 radical (unpaired) electrons. The van der Waals surface area contributed by atoms with Crippen molar-refractivity contribution in [2.75, 3.05) is 6.61 Å². The Morgan fingerprint density at radius 1 is 1.26 bits per heavy atom. The molecule has 0 spiro atoms. The van der Waals surface area contributed by atoms with Crippen LogP contribution in [0.15, 0.2) is 24.3 Å². The Labute approximate surface area is 185 Å². The van der Waals surface area contributed by atoms with E-state index in [1.807, 2.05) is 13.8 Å². The molecule has 1 aromatic carbocycles. The molecule has 31 heavy (non-hydrogen) atoms. The molecule has 1 heterocycles. The van der Waals surface area contributed by atoms with E-state index >= 15 is 0 Å². The van der Waals surface area contributed by atoms with E-state index in [-0.39, 0.29) is 37.4 Å². The maximum Gasteiger partial charge on any atom is 0.573 e. The molecule has 1 aromatic rings. The van der Waals surface area contributed by atoms with Crippen molar-refractivity contribution in [2.45, 2.75) is 58.2 Å². The van der Waals surface area contributed by atoms with E-state index in [1.165, 1.54) is 12.1 Å². The number of amides is 2. The molecule has 0 aliphatic carbocycles. The molecule has 0 bridgehead atoms.